The van der Waals surface area contributed by atoms with Crippen molar-refractivity contribution < 1.29 is 9.15 Å². The van der Waals surface area contributed by atoms with Gasteiger partial charge in [0.15, 0.2) is 0 Å². The first-order chi connectivity index (χ1) is 24.9. The Bertz CT molecular complexity index is 3160. The van der Waals surface area contributed by atoms with Gasteiger partial charge in [0.2, 0.25) is 22.6 Å². The van der Waals surface area contributed by atoms with Gasteiger partial charge in [-0.1, -0.05) is 107 Å². The number of rotatable bonds is 1. The molecule has 0 aliphatic carbocycles. The molecular formula is C43H28N8+2. The summed E-state index contributed by atoms with van der Waals surface area (Å²) in [6.45, 7) is 6.77. The summed E-state index contributed by atoms with van der Waals surface area (Å²) in [5, 5.41) is 4.30. The van der Waals surface area contributed by atoms with Crippen molar-refractivity contribution in [3.63, 3.8) is 0 Å². The van der Waals surface area contributed by atoms with Crippen molar-refractivity contribution in [2.24, 2.45) is 20.0 Å². The highest BCUT2D eigenvalue weighted by molar-refractivity contribution is 6.20. The van der Waals surface area contributed by atoms with Crippen molar-refractivity contribution in [2.45, 2.75) is 32.1 Å². The first kappa shape index (κ1) is 26.3. The molecule has 1 unspecified atom stereocenters. The molecule has 6 aliphatic rings. The standard InChI is InChI=1S/C43H28N8/c1-42(2,3)25-19-16-23(17-20-25)24-18-21-32-33(22-24)41-47-39-31-15-9-8-14-30(31)37-45-35-27-11-5-4-10-26(27)34-44-36-28-12-6-7-13-29(28)38-46-40(32)51(41)43(48(34)35,49(36)38)50(37)39/h4-22H,1-3H3/q+2. The molecule has 0 saturated heterocycles. The van der Waals surface area contributed by atoms with Crippen LogP contribution in [-0.2, 0) is 11.3 Å². The van der Waals surface area contributed by atoms with Crippen LogP contribution in [0.3, 0.4) is 0 Å². The molecule has 0 bridgehead atoms. The van der Waals surface area contributed by atoms with Crippen molar-refractivity contribution in [3.8, 4) is 11.1 Å². The highest BCUT2D eigenvalue weighted by Crippen LogP contribution is 2.52. The Hall–Kier alpha value is -6.54. The Morgan fingerprint density at radius 2 is 1.00 bits per heavy atom. The highest BCUT2D eigenvalue weighted by atomic mass is 15.7. The lowest BCUT2D eigenvalue weighted by atomic mass is 9.86. The van der Waals surface area contributed by atoms with Gasteiger partial charge in [-0.2, -0.15) is 9.13 Å². The van der Waals surface area contributed by atoms with Gasteiger partial charge in [0.1, 0.15) is 0 Å². The van der Waals surface area contributed by atoms with Gasteiger partial charge < -0.3 is 0 Å². The molecule has 0 radical (unpaired) electrons. The summed E-state index contributed by atoms with van der Waals surface area (Å²) in [5.74, 6) is 4.33. The van der Waals surface area contributed by atoms with Crippen LogP contribution < -0.4 is 11.0 Å². The second-order valence-electron chi connectivity index (χ2n) is 15.2. The molecule has 8 nitrogen and oxygen atoms in total. The lowest BCUT2D eigenvalue weighted by Gasteiger charge is -2.40. The summed E-state index contributed by atoms with van der Waals surface area (Å²) >= 11 is 0. The Labute approximate surface area is 291 Å². The zero-order chi connectivity index (χ0) is 33.5. The Balaban J connectivity index is 1.21. The maximum absolute atomic E-state index is 5.60. The smallest absolute Gasteiger partial charge is 0.192 e. The first-order valence-electron chi connectivity index (χ1n) is 17.5. The molecule has 51 heavy (non-hydrogen) atoms. The molecule has 13 rings (SSSR count). The van der Waals surface area contributed by atoms with E-state index in [2.05, 4.69) is 154 Å². The summed E-state index contributed by atoms with van der Waals surface area (Å²) in [5.41, 5.74) is 9.80. The minimum absolute atomic E-state index is 0.0867. The number of benzene rings is 5. The first-order valence-corrected chi connectivity index (χ1v) is 17.5. The average Bonchev–Trinajstić information content (AvgIpc) is 3.87. The number of hydrogen-bond donors (Lipinski definition) is 0. The zero-order valence-corrected chi connectivity index (χ0v) is 28.0. The van der Waals surface area contributed by atoms with Gasteiger partial charge in [-0.25, -0.2) is 0 Å². The summed E-state index contributed by atoms with van der Waals surface area (Å²) in [7, 11) is 0. The van der Waals surface area contributed by atoms with Crippen LogP contribution in [0.5, 0.6) is 0 Å². The fourth-order valence-corrected chi connectivity index (χ4v) is 9.27. The van der Waals surface area contributed by atoms with Gasteiger partial charge in [-0.15, -0.1) is 9.15 Å². The van der Waals surface area contributed by atoms with Gasteiger partial charge >= 0.3 is 5.91 Å². The van der Waals surface area contributed by atoms with E-state index in [1.54, 1.807) is 0 Å². The Kier molecular flexibility index (Phi) is 4.26. The largest absolute Gasteiger partial charge is 0.404 e. The SMILES string of the molecule is CC(C)(C)c1ccc(-c2ccc3c(c2)C2=Nc4c5ccccc5c5n4C46n7c(c8ccccc8c7=NC3=[N+]24)=NC2=[N+]6C(=N5)c3ccccc32)cc1. The molecule has 0 amide bonds. The Morgan fingerprint density at radius 1 is 0.490 bits per heavy atom. The molecule has 2 aromatic heterocycles. The number of aromatic nitrogens is 2. The molecular weight excluding hydrogens is 629 g/mol. The number of aliphatic imine (C=N–C) groups is 2. The fourth-order valence-electron chi connectivity index (χ4n) is 9.27. The van der Waals surface area contributed by atoms with Crippen molar-refractivity contribution in [3.05, 3.63) is 154 Å². The number of fused-ring (bicyclic) bond motifs is 12. The van der Waals surface area contributed by atoms with Gasteiger partial charge in [-0.05, 0) is 70.6 Å². The maximum atomic E-state index is 5.60. The van der Waals surface area contributed by atoms with E-state index >= 15 is 0 Å². The molecule has 5 aromatic carbocycles. The molecule has 1 atom stereocenters. The topological polar surface area (TPSA) is 65.3 Å². The van der Waals surface area contributed by atoms with E-state index in [-0.39, 0.29) is 5.41 Å². The van der Waals surface area contributed by atoms with Crippen molar-refractivity contribution in [2.75, 3.05) is 0 Å². The molecule has 0 N–H and O–H groups in total. The number of amidine groups is 4. The molecule has 1 spiro atoms. The monoisotopic (exact) mass is 656 g/mol. The molecule has 238 valence electrons. The van der Waals surface area contributed by atoms with Crippen molar-refractivity contribution >= 4 is 56.5 Å². The van der Waals surface area contributed by atoms with E-state index in [9.17, 15) is 0 Å². The molecule has 0 saturated carbocycles. The normalized spacial score (nSPS) is 19.4. The van der Waals surface area contributed by atoms with Crippen LogP contribution in [0.1, 0.15) is 48.6 Å². The summed E-state index contributed by atoms with van der Waals surface area (Å²) in [6, 6.07) is 41.4. The third kappa shape index (κ3) is 2.80. The minimum atomic E-state index is -0.984. The van der Waals surface area contributed by atoms with E-state index in [0.29, 0.717) is 0 Å². The predicted molar refractivity (Wildman–Crippen MR) is 198 cm³/mol. The lowest BCUT2D eigenvalue weighted by Crippen LogP contribution is -2.71. The number of nitrogens with zero attached hydrogens (tertiary/aromatic N) is 8. The van der Waals surface area contributed by atoms with E-state index in [1.165, 1.54) is 11.1 Å². The third-order valence-electron chi connectivity index (χ3n) is 11.6. The van der Waals surface area contributed by atoms with Crippen LogP contribution in [0, 0.1) is 0 Å². The van der Waals surface area contributed by atoms with Crippen LogP contribution in [0.25, 0.3) is 32.7 Å². The minimum Gasteiger partial charge on any atom is -0.192 e. The van der Waals surface area contributed by atoms with Crippen LogP contribution in [0.2, 0.25) is 0 Å². The Morgan fingerprint density at radius 3 is 1.61 bits per heavy atom. The highest BCUT2D eigenvalue weighted by Gasteiger charge is 2.69. The van der Waals surface area contributed by atoms with Crippen LogP contribution in [0.4, 0.5) is 11.6 Å². The summed E-state index contributed by atoms with van der Waals surface area (Å²) in [4.78, 5) is 22.1. The molecule has 8 heteroatoms. The predicted octanol–water partition coefficient (Wildman–Crippen LogP) is 6.67. The maximum Gasteiger partial charge on any atom is 0.404 e. The summed E-state index contributed by atoms with van der Waals surface area (Å²) < 4.78 is 9.42. The second-order valence-corrected chi connectivity index (χ2v) is 15.2. The molecule has 7 aromatic rings. The van der Waals surface area contributed by atoms with Crippen molar-refractivity contribution in [1.82, 2.24) is 9.13 Å². The van der Waals surface area contributed by atoms with E-state index in [1.807, 2.05) is 0 Å². The van der Waals surface area contributed by atoms with Crippen LogP contribution in [-0.4, -0.2) is 41.6 Å². The average molecular weight is 657 g/mol. The van der Waals surface area contributed by atoms with Crippen LogP contribution in [0.15, 0.2) is 135 Å². The molecule has 8 heterocycles. The number of hydrogen-bond acceptors (Lipinski definition) is 4. The lowest BCUT2D eigenvalue weighted by molar-refractivity contribution is -0.790. The van der Waals surface area contributed by atoms with E-state index in [0.717, 1.165) is 95.3 Å². The summed E-state index contributed by atoms with van der Waals surface area (Å²) in [6.07, 6.45) is 0. The molecule has 0 fully saturated rings. The van der Waals surface area contributed by atoms with E-state index in [4.69, 9.17) is 20.0 Å². The van der Waals surface area contributed by atoms with Crippen molar-refractivity contribution in [1.29, 1.82) is 0 Å². The second kappa shape index (κ2) is 8.25. The van der Waals surface area contributed by atoms with Gasteiger partial charge in [0.05, 0.1) is 22.3 Å². The quantitative estimate of drug-likeness (QED) is 0.177. The van der Waals surface area contributed by atoms with E-state index < -0.39 is 5.91 Å². The van der Waals surface area contributed by atoms with Gasteiger partial charge in [-0.3, -0.25) is 0 Å². The van der Waals surface area contributed by atoms with Gasteiger partial charge in [0, 0.05) is 21.5 Å². The fraction of sp³-hybridized carbons (Fsp3) is 0.116. The van der Waals surface area contributed by atoms with Gasteiger partial charge in [0.25, 0.3) is 23.3 Å². The molecule has 6 aliphatic heterocycles. The zero-order valence-electron chi connectivity index (χ0n) is 28.0. The van der Waals surface area contributed by atoms with Crippen LogP contribution >= 0.6 is 0 Å². The third-order valence-corrected chi connectivity index (χ3v) is 11.6.